The summed E-state index contributed by atoms with van der Waals surface area (Å²) < 4.78 is 33.0. The van der Waals surface area contributed by atoms with Gasteiger partial charge in [-0.15, -0.1) is 0 Å². The zero-order valence-electron chi connectivity index (χ0n) is 19.7. The minimum atomic E-state index is -2.65. The number of halogens is 2. The van der Waals surface area contributed by atoms with Crippen LogP contribution in [0, 0.1) is 0 Å². The number of amides is 1. The molecule has 188 valence electrons. The van der Waals surface area contributed by atoms with Gasteiger partial charge in [0.25, 0.3) is 5.92 Å². The smallest absolute Gasteiger partial charge is 0.407 e. The summed E-state index contributed by atoms with van der Waals surface area (Å²) in [7, 11) is 0. The molecule has 6 nitrogen and oxygen atoms in total. The molecule has 0 bridgehead atoms. The van der Waals surface area contributed by atoms with Crippen molar-refractivity contribution in [2.45, 2.75) is 68.7 Å². The van der Waals surface area contributed by atoms with Crippen molar-refractivity contribution in [2.24, 2.45) is 0 Å². The number of fused-ring (bicyclic) bond motifs is 1. The average molecular weight is 486 g/mol. The predicted octanol–water partition coefficient (Wildman–Crippen LogP) is 3.20. The lowest BCUT2D eigenvalue weighted by atomic mass is 9.97. The number of ether oxygens (including phenoxy) is 1. The molecule has 2 aromatic rings. The number of β-amino-alcohol motifs (C(OH)–C–C–N with tert-alkyl or cyclic N) is 1. The molecule has 35 heavy (non-hydrogen) atoms. The number of hydrogen-bond donors (Lipinski definition) is 4. The highest BCUT2D eigenvalue weighted by molar-refractivity contribution is 5.67. The number of hydrogen-bond acceptors (Lipinski definition) is 5. The summed E-state index contributed by atoms with van der Waals surface area (Å²) in [6.45, 7) is 1.94. The van der Waals surface area contributed by atoms with E-state index in [4.69, 9.17) is 4.74 Å². The molecular weight excluding hydrogens is 452 g/mol. The van der Waals surface area contributed by atoms with Crippen molar-refractivity contribution in [3.63, 3.8) is 0 Å². The molecule has 4 atom stereocenters. The molecule has 5 rings (SSSR count). The molecule has 2 heterocycles. The molecule has 4 N–H and O–H groups in total. The van der Waals surface area contributed by atoms with E-state index in [2.05, 4.69) is 16.0 Å². The Bertz CT molecular complexity index is 1040. The van der Waals surface area contributed by atoms with E-state index in [1.807, 2.05) is 36.4 Å². The van der Waals surface area contributed by atoms with Crippen LogP contribution in [0.25, 0.3) is 11.1 Å². The maximum Gasteiger partial charge on any atom is 0.407 e. The predicted molar refractivity (Wildman–Crippen MR) is 130 cm³/mol. The van der Waals surface area contributed by atoms with Crippen LogP contribution in [-0.2, 0) is 24.0 Å². The second kappa shape index (κ2) is 10.2. The fraction of sp³-hybridized carbons (Fsp3) is 0.519. The Kier molecular flexibility index (Phi) is 7.05. The van der Waals surface area contributed by atoms with Crippen LogP contribution >= 0.6 is 0 Å². The highest BCUT2D eigenvalue weighted by Crippen LogP contribution is 2.36. The number of carbonyl (C=O) groups is 1. The van der Waals surface area contributed by atoms with E-state index < -0.39 is 24.2 Å². The number of carbonyl (C=O) groups excluding carboxylic acids is 1. The van der Waals surface area contributed by atoms with E-state index >= 15 is 0 Å². The van der Waals surface area contributed by atoms with Crippen molar-refractivity contribution in [1.29, 1.82) is 0 Å². The Balaban J connectivity index is 1.16. The average Bonchev–Trinajstić information content (AvgIpc) is 3.53. The van der Waals surface area contributed by atoms with Crippen molar-refractivity contribution >= 4 is 6.09 Å². The molecule has 2 aromatic carbocycles. The lowest BCUT2D eigenvalue weighted by Gasteiger charge is -2.22. The number of rotatable bonds is 7. The summed E-state index contributed by atoms with van der Waals surface area (Å²) in [5.74, 6) is -2.65. The molecule has 2 fully saturated rings. The van der Waals surface area contributed by atoms with E-state index in [1.54, 1.807) is 6.07 Å². The Morgan fingerprint density at radius 1 is 1.09 bits per heavy atom. The highest BCUT2D eigenvalue weighted by atomic mass is 19.3. The molecule has 3 aliphatic rings. The summed E-state index contributed by atoms with van der Waals surface area (Å²) in [5.41, 5.74) is 4.38. The Morgan fingerprint density at radius 2 is 1.86 bits per heavy atom. The topological polar surface area (TPSA) is 82.6 Å². The standard InChI is InChI=1S/C27H33F2N3O3/c28-27(29)14-20-8-7-19(13-21(20)15-27)18-5-3-17(4-6-18)12-23-25(24(33)16-32-23)35-26(34)31-11-9-22-2-1-10-30-22/h3-8,13,22-25,30,32-33H,1-2,9-12,14-16H2,(H,31,34)/t22-,23+,24-,25-/m0/s1. The SMILES string of the molecule is O=C(NCC[C@@H]1CCCN1)O[C@@H]1[C@@H](O)CN[C@@H]1Cc1ccc(-c2ccc3c(c2)CC(F)(F)C3)cc1. The van der Waals surface area contributed by atoms with Crippen molar-refractivity contribution in [3.8, 4) is 11.1 Å². The van der Waals surface area contributed by atoms with Gasteiger partial charge in [-0.25, -0.2) is 13.6 Å². The second-order valence-electron chi connectivity index (χ2n) is 10.1. The second-order valence-corrected chi connectivity index (χ2v) is 10.1. The first kappa shape index (κ1) is 24.2. The van der Waals surface area contributed by atoms with Gasteiger partial charge < -0.3 is 25.8 Å². The van der Waals surface area contributed by atoms with Crippen LogP contribution in [0.5, 0.6) is 0 Å². The van der Waals surface area contributed by atoms with Gasteiger partial charge in [-0.1, -0.05) is 42.5 Å². The van der Waals surface area contributed by atoms with Gasteiger partial charge in [-0.2, -0.15) is 0 Å². The van der Waals surface area contributed by atoms with Gasteiger partial charge in [-0.3, -0.25) is 0 Å². The molecule has 0 radical (unpaired) electrons. The van der Waals surface area contributed by atoms with Crippen LogP contribution < -0.4 is 16.0 Å². The molecule has 1 amide bonds. The lowest BCUT2D eigenvalue weighted by Crippen LogP contribution is -2.42. The number of alkyl carbamates (subject to hydrolysis) is 1. The van der Waals surface area contributed by atoms with Gasteiger partial charge in [0.1, 0.15) is 12.2 Å². The van der Waals surface area contributed by atoms with Crippen molar-refractivity contribution in [2.75, 3.05) is 19.6 Å². The summed E-state index contributed by atoms with van der Waals surface area (Å²) >= 11 is 0. The quantitative estimate of drug-likeness (QED) is 0.484. The first-order chi connectivity index (χ1) is 16.9. The van der Waals surface area contributed by atoms with E-state index in [-0.39, 0.29) is 18.9 Å². The van der Waals surface area contributed by atoms with Gasteiger partial charge in [0.15, 0.2) is 0 Å². The van der Waals surface area contributed by atoms with Crippen LogP contribution in [0.4, 0.5) is 13.6 Å². The molecule has 0 aromatic heterocycles. The zero-order chi connectivity index (χ0) is 24.4. The van der Waals surface area contributed by atoms with Crippen molar-refractivity contribution in [1.82, 2.24) is 16.0 Å². The van der Waals surface area contributed by atoms with Gasteiger partial charge in [0.05, 0.1) is 6.04 Å². The maximum absolute atomic E-state index is 13.7. The molecule has 8 heteroatoms. The maximum atomic E-state index is 13.7. The lowest BCUT2D eigenvalue weighted by molar-refractivity contribution is 0.0130. The normalized spacial score (nSPS) is 27.1. The van der Waals surface area contributed by atoms with Gasteiger partial charge in [-0.05, 0) is 60.0 Å². The number of nitrogens with one attached hydrogen (secondary N) is 3. The molecule has 0 unspecified atom stereocenters. The van der Waals surface area contributed by atoms with E-state index in [0.29, 0.717) is 25.6 Å². The van der Waals surface area contributed by atoms with Gasteiger partial charge in [0, 0.05) is 32.0 Å². The largest absolute Gasteiger partial charge is 0.442 e. The Morgan fingerprint density at radius 3 is 2.63 bits per heavy atom. The number of aliphatic hydroxyl groups excluding tert-OH is 1. The third kappa shape index (κ3) is 5.82. The van der Waals surface area contributed by atoms with Crippen LogP contribution in [0.15, 0.2) is 42.5 Å². The van der Waals surface area contributed by atoms with Gasteiger partial charge >= 0.3 is 6.09 Å². The van der Waals surface area contributed by atoms with Crippen LogP contribution in [0.3, 0.4) is 0 Å². The number of benzene rings is 2. The van der Waals surface area contributed by atoms with Crippen LogP contribution in [0.2, 0.25) is 0 Å². The minimum Gasteiger partial charge on any atom is -0.442 e. The summed E-state index contributed by atoms with van der Waals surface area (Å²) in [6.07, 6.45) is 1.49. The summed E-state index contributed by atoms with van der Waals surface area (Å²) in [5, 5.41) is 19.8. The van der Waals surface area contributed by atoms with Crippen LogP contribution in [0.1, 0.15) is 36.0 Å². The van der Waals surface area contributed by atoms with Gasteiger partial charge in [0.2, 0.25) is 0 Å². The summed E-state index contributed by atoms with van der Waals surface area (Å²) in [6, 6.07) is 13.8. The Labute approximate surface area is 204 Å². The van der Waals surface area contributed by atoms with Crippen molar-refractivity contribution < 1.29 is 23.4 Å². The fourth-order valence-electron chi connectivity index (χ4n) is 5.49. The molecule has 2 saturated heterocycles. The molecule has 0 spiro atoms. The molecular formula is C27H33F2N3O3. The third-order valence-electron chi connectivity index (χ3n) is 7.38. The number of alkyl halides is 2. The third-order valence-corrected chi connectivity index (χ3v) is 7.38. The number of aliphatic hydroxyl groups is 1. The molecule has 0 saturated carbocycles. The van der Waals surface area contributed by atoms with E-state index in [0.717, 1.165) is 47.2 Å². The Hall–Kier alpha value is -2.55. The van der Waals surface area contributed by atoms with E-state index in [1.165, 1.54) is 6.42 Å². The first-order valence-electron chi connectivity index (χ1n) is 12.5. The molecule has 2 aliphatic heterocycles. The first-order valence-corrected chi connectivity index (χ1v) is 12.5. The zero-order valence-corrected chi connectivity index (χ0v) is 19.7. The minimum absolute atomic E-state index is 0.180. The highest BCUT2D eigenvalue weighted by Gasteiger charge is 2.38. The fourth-order valence-corrected chi connectivity index (χ4v) is 5.49. The summed E-state index contributed by atoms with van der Waals surface area (Å²) in [4.78, 5) is 12.3. The van der Waals surface area contributed by atoms with E-state index in [9.17, 15) is 18.7 Å². The monoisotopic (exact) mass is 485 g/mol. The molecule has 1 aliphatic carbocycles. The van der Waals surface area contributed by atoms with Crippen molar-refractivity contribution in [3.05, 3.63) is 59.2 Å². The van der Waals surface area contributed by atoms with Crippen LogP contribution in [-0.4, -0.2) is 61.0 Å².